The van der Waals surface area contributed by atoms with E-state index in [1.54, 1.807) is 0 Å². The normalized spacial score (nSPS) is 32.2. The quantitative estimate of drug-likeness (QED) is 0.622. The van der Waals surface area contributed by atoms with E-state index in [4.69, 9.17) is 19.3 Å². The molecule has 0 spiro atoms. The fraction of sp³-hybridized carbons (Fsp3) is 1.00. The lowest BCUT2D eigenvalue weighted by atomic mass is 10.4. The van der Waals surface area contributed by atoms with E-state index in [0.29, 0.717) is 19.8 Å². The zero-order valence-corrected chi connectivity index (χ0v) is 6.66. The SMILES string of the molecule is CC1OCC(OCCO)CO1. The average Bonchev–Trinajstić information content (AvgIpc) is 2.04. The van der Waals surface area contributed by atoms with Crippen molar-refractivity contribution in [2.24, 2.45) is 0 Å². The van der Waals surface area contributed by atoms with Crippen molar-refractivity contribution in [3.8, 4) is 0 Å². The van der Waals surface area contributed by atoms with Crippen molar-refractivity contribution in [1.82, 2.24) is 0 Å². The molecule has 1 aliphatic rings. The number of aliphatic hydroxyl groups excluding tert-OH is 1. The van der Waals surface area contributed by atoms with Crippen molar-refractivity contribution in [2.75, 3.05) is 26.4 Å². The van der Waals surface area contributed by atoms with Crippen molar-refractivity contribution in [3.05, 3.63) is 0 Å². The molecule has 1 saturated heterocycles. The summed E-state index contributed by atoms with van der Waals surface area (Å²) in [6.45, 7) is 3.36. The molecule has 0 saturated carbocycles. The van der Waals surface area contributed by atoms with Gasteiger partial charge in [0.2, 0.25) is 0 Å². The van der Waals surface area contributed by atoms with E-state index < -0.39 is 0 Å². The minimum absolute atomic E-state index is 0.0154. The third kappa shape index (κ3) is 3.16. The fourth-order valence-corrected chi connectivity index (χ4v) is 0.897. The summed E-state index contributed by atoms with van der Waals surface area (Å²) < 4.78 is 15.5. The van der Waals surface area contributed by atoms with Gasteiger partial charge in [-0.15, -0.1) is 0 Å². The van der Waals surface area contributed by atoms with Gasteiger partial charge in [-0.2, -0.15) is 0 Å². The molecule has 1 heterocycles. The standard InChI is InChI=1S/C7H14O4/c1-6-10-4-7(5-11-6)9-3-2-8/h6-8H,2-5H2,1H3. The maximum absolute atomic E-state index is 8.44. The first-order chi connectivity index (χ1) is 5.33. The van der Waals surface area contributed by atoms with Crippen molar-refractivity contribution in [2.45, 2.75) is 19.3 Å². The van der Waals surface area contributed by atoms with Gasteiger partial charge in [-0.25, -0.2) is 0 Å². The molecule has 0 aromatic heterocycles. The van der Waals surface area contributed by atoms with E-state index in [9.17, 15) is 0 Å². The minimum atomic E-state index is -0.121. The van der Waals surface area contributed by atoms with E-state index in [-0.39, 0.29) is 19.0 Å². The molecule has 0 aliphatic carbocycles. The Kier molecular flexibility index (Phi) is 3.79. The zero-order valence-electron chi connectivity index (χ0n) is 6.66. The van der Waals surface area contributed by atoms with Crippen LogP contribution < -0.4 is 0 Å². The van der Waals surface area contributed by atoms with Crippen LogP contribution in [0.15, 0.2) is 0 Å². The molecule has 11 heavy (non-hydrogen) atoms. The summed E-state index contributed by atoms with van der Waals surface area (Å²) >= 11 is 0. The first-order valence-electron chi connectivity index (χ1n) is 3.78. The maximum atomic E-state index is 8.44. The second-order valence-electron chi connectivity index (χ2n) is 2.45. The third-order valence-corrected chi connectivity index (χ3v) is 1.48. The molecule has 4 heteroatoms. The fourth-order valence-electron chi connectivity index (χ4n) is 0.897. The van der Waals surface area contributed by atoms with Gasteiger partial charge in [0.1, 0.15) is 6.10 Å². The van der Waals surface area contributed by atoms with Crippen LogP contribution >= 0.6 is 0 Å². The molecule has 0 bridgehead atoms. The van der Waals surface area contributed by atoms with E-state index in [1.165, 1.54) is 0 Å². The Morgan fingerprint density at radius 3 is 2.64 bits per heavy atom. The van der Waals surface area contributed by atoms with E-state index in [2.05, 4.69) is 0 Å². The van der Waals surface area contributed by atoms with Crippen LogP contribution in [0.3, 0.4) is 0 Å². The zero-order chi connectivity index (χ0) is 8.10. The third-order valence-electron chi connectivity index (χ3n) is 1.48. The molecule has 1 N–H and O–H groups in total. The highest BCUT2D eigenvalue weighted by molar-refractivity contribution is 4.59. The van der Waals surface area contributed by atoms with Crippen LogP contribution in [0.5, 0.6) is 0 Å². The molecule has 0 aromatic carbocycles. The van der Waals surface area contributed by atoms with Crippen LogP contribution in [0.4, 0.5) is 0 Å². The van der Waals surface area contributed by atoms with Gasteiger partial charge in [0.15, 0.2) is 6.29 Å². The summed E-state index contributed by atoms with van der Waals surface area (Å²) in [4.78, 5) is 0. The van der Waals surface area contributed by atoms with Crippen molar-refractivity contribution >= 4 is 0 Å². The maximum Gasteiger partial charge on any atom is 0.155 e. The number of hydrogen-bond donors (Lipinski definition) is 1. The summed E-state index contributed by atoms with van der Waals surface area (Å²) in [5.74, 6) is 0. The van der Waals surface area contributed by atoms with Gasteiger partial charge in [-0.05, 0) is 6.92 Å². The Labute approximate surface area is 66.1 Å². The highest BCUT2D eigenvalue weighted by Crippen LogP contribution is 2.06. The number of rotatable bonds is 3. The van der Waals surface area contributed by atoms with Crippen molar-refractivity contribution < 1.29 is 19.3 Å². The smallest absolute Gasteiger partial charge is 0.155 e. The van der Waals surface area contributed by atoms with Crippen LogP contribution in [0.2, 0.25) is 0 Å². The van der Waals surface area contributed by atoms with Crippen molar-refractivity contribution in [1.29, 1.82) is 0 Å². The van der Waals surface area contributed by atoms with Gasteiger partial charge >= 0.3 is 0 Å². The Morgan fingerprint density at radius 1 is 1.45 bits per heavy atom. The lowest BCUT2D eigenvalue weighted by molar-refractivity contribution is -0.218. The van der Waals surface area contributed by atoms with Gasteiger partial charge in [0.05, 0.1) is 26.4 Å². The molecule has 0 aromatic rings. The largest absolute Gasteiger partial charge is 0.394 e. The number of ether oxygens (including phenoxy) is 3. The Balaban J connectivity index is 2.07. The molecule has 0 unspecified atom stereocenters. The van der Waals surface area contributed by atoms with Gasteiger partial charge in [-0.1, -0.05) is 0 Å². The van der Waals surface area contributed by atoms with Gasteiger partial charge in [-0.3, -0.25) is 0 Å². The first kappa shape index (κ1) is 8.93. The highest BCUT2D eigenvalue weighted by atomic mass is 16.7. The molecule has 1 aliphatic heterocycles. The van der Waals surface area contributed by atoms with Gasteiger partial charge in [0, 0.05) is 0 Å². The number of aliphatic hydroxyl groups is 1. The minimum Gasteiger partial charge on any atom is -0.394 e. The molecule has 0 radical (unpaired) electrons. The van der Waals surface area contributed by atoms with Crippen LogP contribution in [0.1, 0.15) is 6.92 Å². The summed E-state index contributed by atoms with van der Waals surface area (Å²) in [6.07, 6.45) is -0.137. The Morgan fingerprint density at radius 2 is 2.09 bits per heavy atom. The molecule has 1 fully saturated rings. The summed E-state index contributed by atoms with van der Waals surface area (Å²) in [7, 11) is 0. The molecule has 0 amide bonds. The molecular formula is C7H14O4. The summed E-state index contributed by atoms with van der Waals surface area (Å²) in [5.41, 5.74) is 0. The molecule has 4 nitrogen and oxygen atoms in total. The predicted octanol–water partition coefficient (Wildman–Crippen LogP) is -0.243. The van der Waals surface area contributed by atoms with Crippen molar-refractivity contribution in [3.63, 3.8) is 0 Å². The summed E-state index contributed by atoms with van der Waals surface area (Å²) in [6, 6.07) is 0. The Bertz CT molecular complexity index is 95.9. The van der Waals surface area contributed by atoms with Crippen LogP contribution in [0.25, 0.3) is 0 Å². The number of hydrogen-bond acceptors (Lipinski definition) is 4. The molecule has 1 rings (SSSR count). The first-order valence-corrected chi connectivity index (χ1v) is 3.78. The second-order valence-corrected chi connectivity index (χ2v) is 2.45. The molecule has 0 atom stereocenters. The Hall–Kier alpha value is -0.160. The van der Waals surface area contributed by atoms with E-state index in [0.717, 1.165) is 0 Å². The lowest BCUT2D eigenvalue weighted by Gasteiger charge is -2.26. The predicted molar refractivity (Wildman–Crippen MR) is 38.2 cm³/mol. The topological polar surface area (TPSA) is 47.9 Å². The summed E-state index contributed by atoms with van der Waals surface area (Å²) in [5, 5.41) is 8.44. The van der Waals surface area contributed by atoms with E-state index >= 15 is 0 Å². The lowest BCUT2D eigenvalue weighted by Crippen LogP contribution is -2.36. The second kappa shape index (κ2) is 4.66. The van der Waals surface area contributed by atoms with E-state index in [1.807, 2.05) is 6.92 Å². The van der Waals surface area contributed by atoms with Gasteiger partial charge in [0.25, 0.3) is 0 Å². The highest BCUT2D eigenvalue weighted by Gasteiger charge is 2.18. The average molecular weight is 162 g/mol. The van der Waals surface area contributed by atoms with Crippen LogP contribution in [-0.2, 0) is 14.2 Å². The van der Waals surface area contributed by atoms with Gasteiger partial charge < -0.3 is 19.3 Å². The van der Waals surface area contributed by atoms with Crippen LogP contribution in [-0.4, -0.2) is 43.9 Å². The monoisotopic (exact) mass is 162 g/mol. The molecule has 66 valence electrons. The molecular weight excluding hydrogens is 148 g/mol. The van der Waals surface area contributed by atoms with Crippen LogP contribution in [0, 0.1) is 0 Å².